The Morgan fingerprint density at radius 1 is 1.67 bits per heavy atom. The molecule has 0 aromatic heterocycles. The van der Waals surface area contributed by atoms with Crippen LogP contribution < -0.4 is 5.73 Å². The molecule has 0 aromatic carbocycles. The molecule has 1 fully saturated rings. The van der Waals surface area contributed by atoms with Crippen molar-refractivity contribution in [2.24, 2.45) is 5.73 Å². The van der Waals surface area contributed by atoms with Gasteiger partial charge in [0.05, 0.1) is 6.10 Å². The Balaban J connectivity index is 2.41. The average Bonchev–Trinajstić information content (AvgIpc) is 1.60. The molecule has 1 rings (SSSR count). The van der Waals surface area contributed by atoms with Crippen LogP contribution in [0.25, 0.3) is 0 Å². The van der Waals surface area contributed by atoms with Crippen LogP contribution in [0.3, 0.4) is 0 Å². The van der Waals surface area contributed by atoms with E-state index in [0.717, 1.165) is 19.4 Å². The summed E-state index contributed by atoms with van der Waals surface area (Å²) in [5.74, 6) is 0. The number of hydrogen-bond donors (Lipinski definition) is 1. The highest BCUT2D eigenvalue weighted by atomic mass is 16.5. The largest absolute Gasteiger partial charge is 0.378 e. The summed E-state index contributed by atoms with van der Waals surface area (Å²) in [5.41, 5.74) is 5.91. The van der Waals surface area contributed by atoms with E-state index < -0.39 is 0 Å². The van der Waals surface area contributed by atoms with E-state index in [1.54, 1.807) is 0 Å². The van der Waals surface area contributed by atoms with Gasteiger partial charge in [-0.05, 0) is 26.7 Å². The molecule has 54 valence electrons. The second kappa shape index (κ2) is 2.27. The van der Waals surface area contributed by atoms with Crippen LogP contribution in [-0.2, 0) is 4.74 Å². The molecule has 1 aliphatic rings. The Morgan fingerprint density at radius 3 is 2.67 bits per heavy atom. The third-order valence-electron chi connectivity index (χ3n) is 1.83. The third kappa shape index (κ3) is 1.95. The van der Waals surface area contributed by atoms with E-state index in [4.69, 9.17) is 10.5 Å². The first-order chi connectivity index (χ1) is 4.10. The summed E-state index contributed by atoms with van der Waals surface area (Å²) in [4.78, 5) is 0. The van der Waals surface area contributed by atoms with Gasteiger partial charge < -0.3 is 10.5 Å². The molecule has 2 heteroatoms. The summed E-state index contributed by atoms with van der Waals surface area (Å²) in [6.45, 7) is 4.99. The van der Waals surface area contributed by atoms with Crippen LogP contribution in [0.1, 0.15) is 26.7 Å². The fourth-order valence-corrected chi connectivity index (χ4v) is 1.31. The second-order valence-corrected chi connectivity index (χ2v) is 3.29. The minimum atomic E-state index is 0.0255. The third-order valence-corrected chi connectivity index (χ3v) is 1.83. The zero-order chi connectivity index (χ0) is 6.91. The van der Waals surface area contributed by atoms with Crippen LogP contribution in [-0.4, -0.2) is 18.2 Å². The van der Waals surface area contributed by atoms with Crippen LogP contribution in [0.15, 0.2) is 0 Å². The topological polar surface area (TPSA) is 35.2 Å². The molecule has 0 amide bonds. The summed E-state index contributed by atoms with van der Waals surface area (Å²) in [5, 5.41) is 0. The van der Waals surface area contributed by atoms with Gasteiger partial charge in [-0.3, -0.25) is 0 Å². The summed E-state index contributed by atoms with van der Waals surface area (Å²) < 4.78 is 5.33. The number of hydrogen-bond acceptors (Lipinski definition) is 2. The van der Waals surface area contributed by atoms with Gasteiger partial charge in [0.2, 0.25) is 0 Å². The van der Waals surface area contributed by atoms with Crippen LogP contribution in [0.4, 0.5) is 0 Å². The molecular formula is C7H15NO. The molecule has 1 saturated heterocycles. The molecule has 2 N–H and O–H groups in total. The lowest BCUT2D eigenvalue weighted by molar-refractivity contribution is -0.00263. The first kappa shape index (κ1) is 7.03. The standard InChI is InChI=1S/C7H15NO/c1-6-5-7(2,8)3-4-9-6/h6H,3-5,8H2,1-2H3/t6?,7-/m0/s1. The normalized spacial score (nSPS) is 45.0. The van der Waals surface area contributed by atoms with Crippen molar-refractivity contribution in [1.82, 2.24) is 0 Å². The second-order valence-electron chi connectivity index (χ2n) is 3.29. The molecule has 1 aliphatic heterocycles. The minimum absolute atomic E-state index is 0.0255. The van der Waals surface area contributed by atoms with Crippen molar-refractivity contribution < 1.29 is 4.74 Å². The van der Waals surface area contributed by atoms with E-state index in [0.29, 0.717) is 6.10 Å². The zero-order valence-corrected chi connectivity index (χ0v) is 6.18. The highest BCUT2D eigenvalue weighted by molar-refractivity contribution is 4.83. The van der Waals surface area contributed by atoms with Gasteiger partial charge in [-0.2, -0.15) is 0 Å². The molecule has 2 nitrogen and oxygen atoms in total. The summed E-state index contributed by atoms with van der Waals surface area (Å²) >= 11 is 0. The summed E-state index contributed by atoms with van der Waals surface area (Å²) in [6.07, 6.45) is 2.35. The molecule has 0 aromatic rings. The van der Waals surface area contributed by atoms with Crippen LogP contribution >= 0.6 is 0 Å². The van der Waals surface area contributed by atoms with Crippen LogP contribution in [0, 0.1) is 0 Å². The lowest BCUT2D eigenvalue weighted by Gasteiger charge is -2.33. The van der Waals surface area contributed by atoms with Gasteiger partial charge in [0.1, 0.15) is 0 Å². The van der Waals surface area contributed by atoms with E-state index >= 15 is 0 Å². The molecular weight excluding hydrogens is 114 g/mol. The van der Waals surface area contributed by atoms with Gasteiger partial charge in [-0.1, -0.05) is 0 Å². The van der Waals surface area contributed by atoms with Gasteiger partial charge in [-0.25, -0.2) is 0 Å². The van der Waals surface area contributed by atoms with Gasteiger partial charge in [0.25, 0.3) is 0 Å². The SMILES string of the molecule is CC1C[C@@](C)(N)CCO1. The quantitative estimate of drug-likeness (QED) is 0.527. The summed E-state index contributed by atoms with van der Waals surface area (Å²) in [6, 6.07) is 0. The zero-order valence-electron chi connectivity index (χ0n) is 6.18. The van der Waals surface area contributed by atoms with Crippen molar-refractivity contribution in [2.45, 2.75) is 38.3 Å². The molecule has 0 radical (unpaired) electrons. The van der Waals surface area contributed by atoms with Gasteiger partial charge >= 0.3 is 0 Å². The first-order valence-corrected chi connectivity index (χ1v) is 3.51. The fraction of sp³-hybridized carbons (Fsp3) is 1.00. The molecule has 9 heavy (non-hydrogen) atoms. The predicted molar refractivity (Wildman–Crippen MR) is 37.2 cm³/mol. The maximum absolute atomic E-state index is 5.89. The minimum Gasteiger partial charge on any atom is -0.378 e. The van der Waals surface area contributed by atoms with Crippen molar-refractivity contribution in [1.29, 1.82) is 0 Å². The fourth-order valence-electron chi connectivity index (χ4n) is 1.31. The highest BCUT2D eigenvalue weighted by Crippen LogP contribution is 2.20. The maximum atomic E-state index is 5.89. The Bertz CT molecular complexity index is 101. The number of nitrogens with two attached hydrogens (primary N) is 1. The Hall–Kier alpha value is -0.0800. The Kier molecular flexibility index (Phi) is 1.78. The molecule has 1 heterocycles. The smallest absolute Gasteiger partial charge is 0.0564 e. The molecule has 1 unspecified atom stereocenters. The molecule has 2 atom stereocenters. The molecule has 0 spiro atoms. The van der Waals surface area contributed by atoms with Crippen molar-refractivity contribution in [3.8, 4) is 0 Å². The van der Waals surface area contributed by atoms with E-state index in [1.165, 1.54) is 0 Å². The first-order valence-electron chi connectivity index (χ1n) is 3.51. The van der Waals surface area contributed by atoms with E-state index in [9.17, 15) is 0 Å². The van der Waals surface area contributed by atoms with Crippen molar-refractivity contribution in [3.63, 3.8) is 0 Å². The van der Waals surface area contributed by atoms with Crippen LogP contribution in [0.2, 0.25) is 0 Å². The van der Waals surface area contributed by atoms with Gasteiger partial charge in [0.15, 0.2) is 0 Å². The average molecular weight is 129 g/mol. The van der Waals surface area contributed by atoms with Gasteiger partial charge in [-0.15, -0.1) is 0 Å². The van der Waals surface area contributed by atoms with E-state index in [2.05, 4.69) is 13.8 Å². The number of rotatable bonds is 0. The van der Waals surface area contributed by atoms with Crippen molar-refractivity contribution >= 4 is 0 Å². The Morgan fingerprint density at radius 2 is 2.33 bits per heavy atom. The Labute approximate surface area is 56.4 Å². The monoisotopic (exact) mass is 129 g/mol. The molecule has 0 saturated carbocycles. The van der Waals surface area contributed by atoms with E-state index in [-0.39, 0.29) is 5.54 Å². The van der Waals surface area contributed by atoms with E-state index in [1.807, 2.05) is 0 Å². The highest BCUT2D eigenvalue weighted by Gasteiger charge is 2.26. The lowest BCUT2D eigenvalue weighted by atomic mass is 9.91. The van der Waals surface area contributed by atoms with Gasteiger partial charge in [0, 0.05) is 12.1 Å². The lowest BCUT2D eigenvalue weighted by Crippen LogP contribution is -2.44. The maximum Gasteiger partial charge on any atom is 0.0564 e. The van der Waals surface area contributed by atoms with Crippen molar-refractivity contribution in [3.05, 3.63) is 0 Å². The van der Waals surface area contributed by atoms with Crippen molar-refractivity contribution in [2.75, 3.05) is 6.61 Å². The molecule has 0 aliphatic carbocycles. The van der Waals surface area contributed by atoms with Crippen LogP contribution in [0.5, 0.6) is 0 Å². The number of ether oxygens (including phenoxy) is 1. The molecule has 0 bridgehead atoms. The summed E-state index contributed by atoms with van der Waals surface area (Å²) in [7, 11) is 0. The predicted octanol–water partition coefficient (Wildman–Crippen LogP) is 0.903.